The molecule has 0 fully saturated rings. The van der Waals surface area contributed by atoms with E-state index in [1.54, 1.807) is 0 Å². The number of rotatable bonds is 5. The van der Waals surface area contributed by atoms with E-state index in [0.717, 1.165) is 29.3 Å². The molecule has 0 bridgehead atoms. The zero-order valence-corrected chi connectivity index (χ0v) is 13.4. The topological polar surface area (TPSA) is 54.4 Å². The summed E-state index contributed by atoms with van der Waals surface area (Å²) in [4.78, 5) is 23.7. The van der Waals surface area contributed by atoms with E-state index < -0.39 is 11.9 Å². The van der Waals surface area contributed by atoms with E-state index in [1.165, 1.54) is 0 Å². The molecule has 20 heavy (non-hydrogen) atoms. The molecule has 0 heterocycles. The highest BCUT2D eigenvalue weighted by molar-refractivity contribution is 9.10. The number of carboxylic acids is 1. The van der Waals surface area contributed by atoms with Crippen LogP contribution in [0.1, 0.15) is 55.5 Å². The van der Waals surface area contributed by atoms with E-state index in [9.17, 15) is 9.59 Å². The summed E-state index contributed by atoms with van der Waals surface area (Å²) in [6, 6.07) is 5.72. The normalized spacial score (nSPS) is 24.8. The summed E-state index contributed by atoms with van der Waals surface area (Å²) in [5.74, 6) is -1.38. The van der Waals surface area contributed by atoms with Crippen molar-refractivity contribution in [2.45, 2.75) is 44.9 Å². The maximum Gasteiger partial charge on any atom is 0.304 e. The number of ketones is 1. The second kappa shape index (κ2) is 5.68. The van der Waals surface area contributed by atoms with E-state index >= 15 is 0 Å². The Labute approximate surface area is 127 Å². The SMILES string of the molecule is CCCCC1(C)c2ccc(Br)cc2C(=O)C1CC(=O)O. The second-order valence-corrected chi connectivity index (χ2v) is 6.64. The molecule has 2 unspecified atom stereocenters. The van der Waals surface area contributed by atoms with Crippen LogP contribution in [0.5, 0.6) is 0 Å². The molecular formula is C16H19BrO3. The molecule has 0 radical (unpaired) electrons. The van der Waals surface area contributed by atoms with Crippen molar-refractivity contribution >= 4 is 27.7 Å². The van der Waals surface area contributed by atoms with Crippen LogP contribution in [-0.2, 0) is 10.2 Å². The molecule has 1 aromatic carbocycles. The van der Waals surface area contributed by atoms with E-state index in [1.807, 2.05) is 25.1 Å². The fraction of sp³-hybridized carbons (Fsp3) is 0.500. The number of carbonyl (C=O) groups excluding carboxylic acids is 1. The van der Waals surface area contributed by atoms with Crippen molar-refractivity contribution in [2.75, 3.05) is 0 Å². The van der Waals surface area contributed by atoms with Crippen molar-refractivity contribution in [1.82, 2.24) is 0 Å². The van der Waals surface area contributed by atoms with Crippen LogP contribution in [0.2, 0.25) is 0 Å². The van der Waals surface area contributed by atoms with Crippen LogP contribution in [0.15, 0.2) is 22.7 Å². The van der Waals surface area contributed by atoms with Crippen LogP contribution in [-0.4, -0.2) is 16.9 Å². The number of hydrogen-bond donors (Lipinski definition) is 1. The summed E-state index contributed by atoms with van der Waals surface area (Å²) in [5.41, 5.74) is 1.33. The monoisotopic (exact) mass is 338 g/mol. The van der Waals surface area contributed by atoms with Crippen molar-refractivity contribution in [3.8, 4) is 0 Å². The molecule has 0 spiro atoms. The standard InChI is InChI=1S/C16H19BrO3/c1-3-4-7-16(2)12-6-5-10(17)8-11(12)15(20)13(16)9-14(18)19/h5-6,8,13H,3-4,7,9H2,1-2H3,(H,18,19). The third kappa shape index (κ3) is 2.53. The van der Waals surface area contributed by atoms with Gasteiger partial charge in [0.25, 0.3) is 0 Å². The Balaban J connectivity index is 2.48. The van der Waals surface area contributed by atoms with Crippen LogP contribution in [0, 0.1) is 5.92 Å². The van der Waals surface area contributed by atoms with Crippen molar-refractivity contribution in [1.29, 1.82) is 0 Å². The summed E-state index contributed by atoms with van der Waals surface area (Å²) < 4.78 is 0.860. The van der Waals surface area contributed by atoms with E-state index in [2.05, 4.69) is 22.9 Å². The van der Waals surface area contributed by atoms with E-state index in [-0.39, 0.29) is 17.6 Å². The second-order valence-electron chi connectivity index (χ2n) is 5.73. The lowest BCUT2D eigenvalue weighted by Crippen LogP contribution is -2.32. The number of halogens is 1. The van der Waals surface area contributed by atoms with Gasteiger partial charge in [-0.2, -0.15) is 0 Å². The molecule has 0 aromatic heterocycles. The summed E-state index contributed by atoms with van der Waals surface area (Å²) in [6.45, 7) is 4.14. The molecule has 0 aliphatic heterocycles. The maximum atomic E-state index is 12.6. The van der Waals surface area contributed by atoms with Crippen molar-refractivity contribution in [2.24, 2.45) is 5.92 Å². The van der Waals surface area contributed by atoms with Crippen molar-refractivity contribution in [3.63, 3.8) is 0 Å². The van der Waals surface area contributed by atoms with E-state index in [4.69, 9.17) is 5.11 Å². The molecular weight excluding hydrogens is 320 g/mol. The average Bonchev–Trinajstić information content (AvgIpc) is 2.58. The van der Waals surface area contributed by atoms with Crippen LogP contribution >= 0.6 is 15.9 Å². The first-order chi connectivity index (χ1) is 9.40. The van der Waals surface area contributed by atoms with Gasteiger partial charge in [0.1, 0.15) is 0 Å². The van der Waals surface area contributed by atoms with Crippen LogP contribution < -0.4 is 0 Å². The number of benzene rings is 1. The van der Waals surface area contributed by atoms with E-state index in [0.29, 0.717) is 5.56 Å². The van der Waals surface area contributed by atoms with Gasteiger partial charge in [-0.05, 0) is 24.1 Å². The lowest BCUT2D eigenvalue weighted by molar-refractivity contribution is -0.138. The number of aliphatic carboxylic acids is 1. The Kier molecular flexibility index (Phi) is 4.33. The number of carbonyl (C=O) groups is 2. The third-order valence-electron chi connectivity index (χ3n) is 4.38. The summed E-state index contributed by atoms with van der Waals surface area (Å²) >= 11 is 3.38. The molecule has 2 atom stereocenters. The largest absolute Gasteiger partial charge is 0.481 e. The number of carboxylic acid groups (broad SMARTS) is 1. The fourth-order valence-electron chi connectivity index (χ4n) is 3.23. The molecule has 0 saturated carbocycles. The quantitative estimate of drug-likeness (QED) is 0.875. The van der Waals surface area contributed by atoms with Gasteiger partial charge in [0, 0.05) is 21.4 Å². The summed E-state index contributed by atoms with van der Waals surface area (Å²) in [7, 11) is 0. The number of fused-ring (bicyclic) bond motifs is 1. The molecule has 1 aliphatic carbocycles. The fourth-order valence-corrected chi connectivity index (χ4v) is 3.59. The van der Waals surface area contributed by atoms with Crippen LogP contribution in [0.25, 0.3) is 0 Å². The minimum atomic E-state index is -0.905. The molecule has 1 aliphatic rings. The van der Waals surface area contributed by atoms with Gasteiger partial charge in [-0.15, -0.1) is 0 Å². The highest BCUT2D eigenvalue weighted by Crippen LogP contribution is 2.48. The van der Waals surface area contributed by atoms with Crippen molar-refractivity contribution < 1.29 is 14.7 Å². The number of Topliss-reactive ketones (excluding diaryl/α,β-unsaturated/α-hetero) is 1. The van der Waals surface area contributed by atoms with Crippen LogP contribution in [0.3, 0.4) is 0 Å². The lowest BCUT2D eigenvalue weighted by atomic mass is 9.71. The van der Waals surface area contributed by atoms with Gasteiger partial charge in [0.15, 0.2) is 5.78 Å². The summed E-state index contributed by atoms with van der Waals surface area (Å²) in [5, 5.41) is 9.12. The zero-order chi connectivity index (χ0) is 14.9. The molecule has 1 aromatic rings. The smallest absolute Gasteiger partial charge is 0.304 e. The Morgan fingerprint density at radius 2 is 2.15 bits per heavy atom. The molecule has 0 saturated heterocycles. The lowest BCUT2D eigenvalue weighted by Gasteiger charge is -2.31. The first kappa shape index (κ1) is 15.2. The molecule has 4 heteroatoms. The highest BCUT2D eigenvalue weighted by atomic mass is 79.9. The maximum absolute atomic E-state index is 12.6. The first-order valence-corrected chi connectivity index (χ1v) is 7.75. The van der Waals surface area contributed by atoms with Gasteiger partial charge >= 0.3 is 5.97 Å². The highest BCUT2D eigenvalue weighted by Gasteiger charge is 2.48. The van der Waals surface area contributed by atoms with Gasteiger partial charge in [0.05, 0.1) is 6.42 Å². The van der Waals surface area contributed by atoms with Gasteiger partial charge < -0.3 is 5.11 Å². The minimum absolute atomic E-state index is 0.0256. The molecule has 108 valence electrons. The van der Waals surface area contributed by atoms with Gasteiger partial charge in [0.2, 0.25) is 0 Å². The van der Waals surface area contributed by atoms with Gasteiger partial charge in [-0.25, -0.2) is 0 Å². The Bertz CT molecular complexity index is 553. The first-order valence-electron chi connectivity index (χ1n) is 6.96. The molecule has 0 amide bonds. The average molecular weight is 339 g/mol. The molecule has 3 nitrogen and oxygen atoms in total. The molecule has 2 rings (SSSR count). The van der Waals surface area contributed by atoms with Gasteiger partial charge in [-0.3, -0.25) is 9.59 Å². The third-order valence-corrected chi connectivity index (χ3v) is 4.87. The summed E-state index contributed by atoms with van der Waals surface area (Å²) in [6.07, 6.45) is 2.79. The minimum Gasteiger partial charge on any atom is -0.481 e. The zero-order valence-electron chi connectivity index (χ0n) is 11.8. The number of hydrogen-bond acceptors (Lipinski definition) is 2. The Morgan fingerprint density at radius 1 is 1.45 bits per heavy atom. The predicted octanol–water partition coefficient (Wildman–Crippen LogP) is 4.18. The van der Waals surface area contributed by atoms with Crippen molar-refractivity contribution in [3.05, 3.63) is 33.8 Å². The Morgan fingerprint density at radius 3 is 2.75 bits per heavy atom. The number of unbranched alkanes of at least 4 members (excludes halogenated alkanes) is 1. The Hall–Kier alpha value is -1.16. The van der Waals surface area contributed by atoms with Gasteiger partial charge in [-0.1, -0.05) is 48.7 Å². The predicted molar refractivity (Wildman–Crippen MR) is 81.1 cm³/mol. The van der Waals surface area contributed by atoms with Crippen LogP contribution in [0.4, 0.5) is 0 Å². The molecule has 1 N–H and O–H groups in total.